The van der Waals surface area contributed by atoms with Crippen LogP contribution in [0.4, 0.5) is 6.01 Å². The quantitative estimate of drug-likeness (QED) is 0.517. The number of hydrogen-bond acceptors (Lipinski definition) is 4. The number of aliphatic imine (C=N–C) groups is 1. The van der Waals surface area contributed by atoms with Crippen molar-refractivity contribution in [2.75, 3.05) is 0 Å². The van der Waals surface area contributed by atoms with E-state index in [1.54, 1.807) is 6.07 Å². The van der Waals surface area contributed by atoms with Gasteiger partial charge in [0.1, 0.15) is 5.52 Å². The van der Waals surface area contributed by atoms with Crippen LogP contribution in [-0.2, 0) is 4.79 Å². The normalized spacial score (nSPS) is 19.0. The van der Waals surface area contributed by atoms with E-state index in [2.05, 4.69) is 21.9 Å². The molecule has 0 bridgehead atoms. The fourth-order valence-corrected chi connectivity index (χ4v) is 2.85. The number of rotatable bonds is 3. The zero-order valence-electron chi connectivity index (χ0n) is 12.9. The molecule has 1 atom stereocenters. The molecule has 1 saturated carbocycles. The van der Waals surface area contributed by atoms with Gasteiger partial charge >= 0.3 is 6.01 Å². The van der Waals surface area contributed by atoms with Gasteiger partial charge in [-0.3, -0.25) is 10.1 Å². The molecule has 1 amide bonds. The van der Waals surface area contributed by atoms with Crippen molar-refractivity contribution in [3.05, 3.63) is 36.4 Å². The van der Waals surface area contributed by atoms with E-state index < -0.39 is 0 Å². The summed E-state index contributed by atoms with van der Waals surface area (Å²) in [5.41, 5.74) is 8.24. The third-order valence-electron chi connectivity index (χ3n) is 4.08. The van der Waals surface area contributed by atoms with Crippen molar-refractivity contribution < 1.29 is 9.21 Å². The fourth-order valence-electron chi connectivity index (χ4n) is 2.85. The molecule has 1 heterocycles. The number of amides is 1. The molecule has 3 rings (SSSR count). The molecule has 23 heavy (non-hydrogen) atoms. The number of carbonyl (C=O) groups is 1. The number of carbonyl (C=O) groups excluding carboxylic acids is 1. The molecule has 1 aliphatic carbocycles. The molecule has 1 aliphatic rings. The van der Waals surface area contributed by atoms with E-state index in [0.29, 0.717) is 17.5 Å². The lowest BCUT2D eigenvalue weighted by Crippen LogP contribution is -2.37. The maximum absolute atomic E-state index is 12.1. The van der Waals surface area contributed by atoms with Crippen LogP contribution in [0.25, 0.3) is 11.1 Å². The number of nitrogens with one attached hydrogen (secondary N) is 1. The van der Waals surface area contributed by atoms with Crippen LogP contribution in [0.1, 0.15) is 32.1 Å². The van der Waals surface area contributed by atoms with Gasteiger partial charge in [0.2, 0.25) is 11.9 Å². The minimum absolute atomic E-state index is 0.0111. The molecular weight excluding hydrogens is 292 g/mol. The highest BCUT2D eigenvalue weighted by molar-refractivity contribution is 5.97. The number of aromatic nitrogens is 1. The lowest BCUT2D eigenvalue weighted by molar-refractivity contribution is -0.120. The smallest absolute Gasteiger partial charge is 0.325 e. The highest BCUT2D eigenvalue weighted by Gasteiger charge is 2.20. The third kappa shape index (κ3) is 3.77. The summed E-state index contributed by atoms with van der Waals surface area (Å²) in [5.74, 6) is 0.0688. The summed E-state index contributed by atoms with van der Waals surface area (Å²) < 4.78 is 5.44. The van der Waals surface area contributed by atoms with Crippen LogP contribution in [0.3, 0.4) is 0 Å². The maximum atomic E-state index is 12.1. The predicted octanol–water partition coefficient (Wildman–Crippen LogP) is 3.03. The summed E-state index contributed by atoms with van der Waals surface area (Å²) >= 11 is 0. The van der Waals surface area contributed by atoms with Gasteiger partial charge in [-0.25, -0.2) is 0 Å². The number of allylic oxidation sites excluding steroid dienone is 1. The van der Waals surface area contributed by atoms with E-state index in [-0.39, 0.29) is 23.8 Å². The molecule has 6 nitrogen and oxygen atoms in total. The number of guanidine groups is 1. The summed E-state index contributed by atoms with van der Waals surface area (Å²) in [4.78, 5) is 20.3. The lowest BCUT2D eigenvalue weighted by atomic mass is 9.83. The van der Waals surface area contributed by atoms with Crippen molar-refractivity contribution in [1.29, 1.82) is 0 Å². The topological polar surface area (TPSA) is 93.5 Å². The van der Waals surface area contributed by atoms with Crippen LogP contribution >= 0.6 is 0 Å². The van der Waals surface area contributed by atoms with Crippen LogP contribution in [0.2, 0.25) is 0 Å². The fraction of sp³-hybridized carbons (Fsp3) is 0.353. The van der Waals surface area contributed by atoms with Crippen molar-refractivity contribution >= 4 is 29.0 Å². The van der Waals surface area contributed by atoms with Gasteiger partial charge in [0.15, 0.2) is 5.58 Å². The number of nitrogens with two attached hydrogens (primary N) is 1. The first-order chi connectivity index (χ1) is 11.1. The van der Waals surface area contributed by atoms with Gasteiger partial charge in [-0.05, 0) is 37.3 Å². The minimum atomic E-state index is -0.157. The molecule has 1 fully saturated rings. The predicted molar refractivity (Wildman–Crippen MR) is 89.1 cm³/mol. The monoisotopic (exact) mass is 312 g/mol. The maximum Gasteiger partial charge on any atom is 0.325 e. The molecule has 120 valence electrons. The molecule has 1 aromatic carbocycles. The zero-order valence-corrected chi connectivity index (χ0v) is 12.9. The number of fused-ring (bicyclic) bond motifs is 1. The zero-order chi connectivity index (χ0) is 16.2. The van der Waals surface area contributed by atoms with E-state index in [1.807, 2.05) is 18.2 Å². The number of oxazole rings is 1. The Bertz CT molecular complexity index is 730. The van der Waals surface area contributed by atoms with Crippen LogP contribution in [0.5, 0.6) is 0 Å². The van der Waals surface area contributed by atoms with Crippen molar-refractivity contribution in [1.82, 2.24) is 10.3 Å². The average molecular weight is 312 g/mol. The number of hydrogen-bond donors (Lipinski definition) is 2. The second-order valence-electron chi connectivity index (χ2n) is 5.81. The van der Waals surface area contributed by atoms with E-state index in [0.717, 1.165) is 31.3 Å². The number of para-hydroxylation sites is 2. The number of nitrogens with zero attached hydrogens (tertiary/aromatic N) is 2. The van der Waals surface area contributed by atoms with Crippen molar-refractivity contribution in [3.63, 3.8) is 0 Å². The Labute approximate surface area is 134 Å². The van der Waals surface area contributed by atoms with Crippen molar-refractivity contribution in [2.24, 2.45) is 16.6 Å². The summed E-state index contributed by atoms with van der Waals surface area (Å²) in [7, 11) is 0. The Kier molecular flexibility index (Phi) is 4.41. The molecule has 3 N–H and O–H groups in total. The number of benzene rings is 1. The molecule has 2 aromatic rings. The molecule has 0 spiro atoms. The first kappa shape index (κ1) is 15.3. The van der Waals surface area contributed by atoms with Gasteiger partial charge in [-0.2, -0.15) is 9.98 Å². The van der Waals surface area contributed by atoms with Crippen molar-refractivity contribution in [3.8, 4) is 0 Å². The van der Waals surface area contributed by atoms with E-state index in [9.17, 15) is 4.79 Å². The summed E-state index contributed by atoms with van der Waals surface area (Å²) in [5, 5.41) is 2.59. The Morgan fingerprint density at radius 1 is 1.43 bits per heavy atom. The highest BCUT2D eigenvalue weighted by Crippen LogP contribution is 2.30. The van der Waals surface area contributed by atoms with Gasteiger partial charge in [-0.15, -0.1) is 0 Å². The standard InChI is InChI=1S/C17H20N4O2/c1-11-6-2-3-7-12(11)10-15(22)20-16(18)21-17-19-13-8-4-5-9-14(13)23-17/h4-5,8-9,12H,1-3,6-7,10H2,(H3,18,19,20,21,22). The lowest BCUT2D eigenvalue weighted by Gasteiger charge is -2.23. The second-order valence-corrected chi connectivity index (χ2v) is 5.81. The van der Waals surface area contributed by atoms with Gasteiger partial charge in [0.25, 0.3) is 0 Å². The van der Waals surface area contributed by atoms with Gasteiger partial charge in [0.05, 0.1) is 0 Å². The second kappa shape index (κ2) is 6.64. The van der Waals surface area contributed by atoms with Crippen LogP contribution in [-0.4, -0.2) is 16.9 Å². The first-order valence-electron chi connectivity index (χ1n) is 7.79. The van der Waals surface area contributed by atoms with Crippen LogP contribution < -0.4 is 11.1 Å². The largest absolute Gasteiger partial charge is 0.422 e. The molecule has 1 aromatic heterocycles. The van der Waals surface area contributed by atoms with Gasteiger partial charge in [-0.1, -0.05) is 30.7 Å². The Hall–Kier alpha value is -2.63. The van der Waals surface area contributed by atoms with Crippen LogP contribution in [0, 0.1) is 5.92 Å². The SMILES string of the molecule is C=C1CCCCC1CC(=O)NC(N)=Nc1nc2ccccc2o1. The Balaban J connectivity index is 1.62. The average Bonchev–Trinajstić information content (AvgIpc) is 2.91. The van der Waals surface area contributed by atoms with Crippen molar-refractivity contribution in [2.45, 2.75) is 32.1 Å². The van der Waals surface area contributed by atoms with E-state index in [4.69, 9.17) is 10.2 Å². The highest BCUT2D eigenvalue weighted by atomic mass is 16.4. The molecule has 0 radical (unpaired) electrons. The van der Waals surface area contributed by atoms with Crippen LogP contribution in [0.15, 0.2) is 45.8 Å². The third-order valence-corrected chi connectivity index (χ3v) is 4.08. The molecule has 6 heteroatoms. The summed E-state index contributed by atoms with van der Waals surface area (Å²) in [6.07, 6.45) is 4.71. The molecule has 0 saturated heterocycles. The molecule has 0 aliphatic heterocycles. The molecule has 1 unspecified atom stereocenters. The summed E-state index contributed by atoms with van der Waals surface area (Å²) in [6, 6.07) is 7.46. The summed E-state index contributed by atoms with van der Waals surface area (Å²) in [6.45, 7) is 4.05. The minimum Gasteiger partial charge on any atom is -0.422 e. The van der Waals surface area contributed by atoms with Gasteiger partial charge < -0.3 is 10.2 Å². The van der Waals surface area contributed by atoms with E-state index >= 15 is 0 Å². The van der Waals surface area contributed by atoms with E-state index in [1.165, 1.54) is 0 Å². The first-order valence-corrected chi connectivity index (χ1v) is 7.79. The Morgan fingerprint density at radius 3 is 3.04 bits per heavy atom. The Morgan fingerprint density at radius 2 is 2.26 bits per heavy atom. The molecular formula is C17H20N4O2. The van der Waals surface area contributed by atoms with Gasteiger partial charge in [0, 0.05) is 6.42 Å².